The zero-order valence-corrected chi connectivity index (χ0v) is 35.7. The lowest BCUT2D eigenvalue weighted by atomic mass is 10.1. The Labute approximate surface area is 348 Å². The van der Waals surface area contributed by atoms with Crippen LogP contribution < -0.4 is 10.4 Å². The van der Waals surface area contributed by atoms with E-state index in [4.69, 9.17) is 0 Å². The topological polar surface area (TPSA) is 17.1 Å². The smallest absolute Gasteiger partial charge is 0.0996 e. The van der Waals surface area contributed by atoms with E-state index in [9.17, 15) is 4.21 Å². The maximum atomic E-state index is 14.5. The summed E-state index contributed by atoms with van der Waals surface area (Å²) in [5.74, 6) is 0. The van der Waals surface area contributed by atoms with Gasteiger partial charge in [0.1, 0.15) is 0 Å². The summed E-state index contributed by atoms with van der Waals surface area (Å²) in [7, 11) is -5.99. The first-order valence-electron chi connectivity index (χ1n) is 20.5. The summed E-state index contributed by atoms with van der Waals surface area (Å²) in [6, 6.07) is 86.8. The van der Waals surface area contributed by atoms with Crippen molar-refractivity contribution in [3.63, 3.8) is 0 Å². The molecule has 0 atom stereocenters. The fraction of sp³-hybridized carbons (Fsp3) is 0.111. The van der Waals surface area contributed by atoms with Gasteiger partial charge in [-0.15, -0.1) is 0 Å². The van der Waals surface area contributed by atoms with Crippen molar-refractivity contribution in [1.29, 1.82) is 0 Å². The van der Waals surface area contributed by atoms with Gasteiger partial charge in [-0.2, -0.15) is 0 Å². The summed E-state index contributed by atoms with van der Waals surface area (Å²) in [5, 5.41) is 2.86. The van der Waals surface area contributed by atoms with Gasteiger partial charge in [-0.1, -0.05) is 250 Å². The molecule has 1 aliphatic rings. The molecule has 284 valence electrons. The van der Waals surface area contributed by atoms with E-state index in [1.54, 1.807) is 0 Å². The Balaban J connectivity index is 1.22. The molecule has 0 aliphatic carbocycles. The molecule has 8 aromatic carbocycles. The summed E-state index contributed by atoms with van der Waals surface area (Å²) < 4.78 is 14.5. The van der Waals surface area contributed by atoms with Crippen LogP contribution in [-0.2, 0) is 47.1 Å². The van der Waals surface area contributed by atoms with Gasteiger partial charge in [0.05, 0.1) is 36.7 Å². The number of hydrogen-bond donors (Lipinski definition) is 0. The van der Waals surface area contributed by atoms with Crippen LogP contribution in [0.5, 0.6) is 0 Å². The molecule has 9 rings (SSSR count). The predicted octanol–water partition coefficient (Wildman–Crippen LogP) is 10.8. The molecule has 1 aliphatic heterocycles. The van der Waals surface area contributed by atoms with Gasteiger partial charge < -0.3 is 0 Å². The van der Waals surface area contributed by atoms with Crippen molar-refractivity contribution in [3.8, 4) is 11.1 Å². The Morgan fingerprint density at radius 3 is 0.741 bits per heavy atom. The summed E-state index contributed by atoms with van der Waals surface area (Å²) >= 11 is 0. The number of fused-ring (bicyclic) bond motifs is 3. The van der Waals surface area contributed by atoms with Crippen molar-refractivity contribution in [1.82, 2.24) is 0 Å². The van der Waals surface area contributed by atoms with Gasteiger partial charge in [0.25, 0.3) is 0 Å². The van der Waals surface area contributed by atoms with Crippen molar-refractivity contribution in [2.24, 2.45) is 0 Å². The zero-order chi connectivity index (χ0) is 39.2. The lowest BCUT2D eigenvalue weighted by Crippen LogP contribution is -2.55. The Morgan fingerprint density at radius 1 is 0.293 bits per heavy atom. The molecular formula is C54H48OSSi2. The molecule has 0 spiro atoms. The normalized spacial score (nSPS) is 12.6. The monoisotopic (exact) mass is 800 g/mol. The van der Waals surface area contributed by atoms with E-state index in [2.05, 4.69) is 218 Å². The van der Waals surface area contributed by atoms with Gasteiger partial charge in [-0.05, 0) is 59.5 Å². The highest BCUT2D eigenvalue weighted by molar-refractivity contribution is 7.85. The van der Waals surface area contributed by atoms with E-state index in [1.807, 2.05) is 0 Å². The molecule has 0 saturated carbocycles. The minimum atomic E-state index is -2.37. The standard InChI is InChI=1S/C54H48OSSi2/c55-56-53-33-31-49(57(37-43-19-7-1-8-20-43,38-44-21-9-2-10-22-44)39-45-23-11-3-12-24-45)35-51(53)52-36-50(32-34-54(52)56)58(40-46-25-13-4-14-26-46,41-47-27-15-5-16-28-47)42-48-29-17-6-18-30-48/h1-36H,37-42H2. The molecule has 0 aromatic heterocycles. The maximum Gasteiger partial charge on any atom is 0.0996 e. The molecule has 4 heteroatoms. The van der Waals surface area contributed by atoms with E-state index in [0.29, 0.717) is 0 Å². The lowest BCUT2D eigenvalue weighted by molar-refractivity contribution is 0.685. The average molecular weight is 801 g/mol. The van der Waals surface area contributed by atoms with Crippen LogP contribution in [-0.4, -0.2) is 20.4 Å². The van der Waals surface area contributed by atoms with Crippen LogP contribution in [0, 0.1) is 0 Å². The molecule has 0 amide bonds. The molecule has 0 radical (unpaired) electrons. The van der Waals surface area contributed by atoms with Crippen molar-refractivity contribution in [2.45, 2.75) is 46.1 Å². The van der Waals surface area contributed by atoms with Crippen molar-refractivity contribution >= 4 is 37.3 Å². The summed E-state index contributed by atoms with van der Waals surface area (Å²) in [6.07, 6.45) is 0. The summed E-state index contributed by atoms with van der Waals surface area (Å²) in [5.41, 5.74) is 10.6. The zero-order valence-electron chi connectivity index (χ0n) is 32.8. The van der Waals surface area contributed by atoms with Gasteiger partial charge in [-0.25, -0.2) is 4.21 Å². The van der Waals surface area contributed by atoms with Gasteiger partial charge in [0.2, 0.25) is 0 Å². The first kappa shape index (κ1) is 37.9. The fourth-order valence-electron chi connectivity index (χ4n) is 9.49. The highest BCUT2D eigenvalue weighted by atomic mass is 32.2. The average Bonchev–Trinajstić information content (AvgIpc) is 3.55. The second kappa shape index (κ2) is 17.1. The molecule has 0 fully saturated rings. The summed E-state index contributed by atoms with van der Waals surface area (Å²) in [6.45, 7) is 0. The van der Waals surface area contributed by atoms with Gasteiger partial charge in [-0.3, -0.25) is 0 Å². The third-order valence-electron chi connectivity index (χ3n) is 12.2. The lowest BCUT2D eigenvalue weighted by Gasteiger charge is -2.34. The van der Waals surface area contributed by atoms with E-state index in [-0.39, 0.29) is 0 Å². The fourth-order valence-corrected chi connectivity index (χ4v) is 20.7. The minimum absolute atomic E-state index is 0.944. The molecule has 8 aromatic rings. The molecule has 0 unspecified atom stereocenters. The highest BCUT2D eigenvalue weighted by Crippen LogP contribution is 2.41. The van der Waals surface area contributed by atoms with Crippen LogP contribution >= 0.6 is 0 Å². The molecule has 0 N–H and O–H groups in total. The maximum absolute atomic E-state index is 14.5. The minimum Gasteiger partial charge on any atom is -0.249 e. The van der Waals surface area contributed by atoms with E-state index in [0.717, 1.165) is 57.2 Å². The second-order valence-electron chi connectivity index (χ2n) is 16.2. The molecule has 0 bridgehead atoms. The quantitative estimate of drug-likeness (QED) is 0.100. The van der Waals surface area contributed by atoms with Crippen molar-refractivity contribution in [3.05, 3.63) is 252 Å². The third-order valence-corrected chi connectivity index (χ3v) is 23.3. The van der Waals surface area contributed by atoms with Crippen molar-refractivity contribution in [2.75, 3.05) is 0 Å². The van der Waals surface area contributed by atoms with Gasteiger partial charge in [0, 0.05) is 0 Å². The van der Waals surface area contributed by atoms with Crippen LogP contribution in [0.1, 0.15) is 33.4 Å². The molecule has 0 saturated heterocycles. The van der Waals surface area contributed by atoms with Crippen LogP contribution in [0.15, 0.2) is 228 Å². The molecular weight excluding hydrogens is 753 g/mol. The Hall–Kier alpha value is -5.66. The first-order chi connectivity index (χ1) is 28.6. The number of rotatable bonds is 14. The van der Waals surface area contributed by atoms with E-state index < -0.39 is 26.9 Å². The van der Waals surface area contributed by atoms with E-state index >= 15 is 0 Å². The first-order valence-corrected chi connectivity index (χ1v) is 26.9. The Kier molecular flexibility index (Phi) is 11.1. The van der Waals surface area contributed by atoms with Crippen LogP contribution in [0.2, 0.25) is 0 Å². The Morgan fingerprint density at radius 2 is 0.517 bits per heavy atom. The highest BCUT2D eigenvalue weighted by Gasteiger charge is 2.40. The van der Waals surface area contributed by atoms with Crippen LogP contribution in [0.3, 0.4) is 0 Å². The summed E-state index contributed by atoms with van der Waals surface area (Å²) in [4.78, 5) is 1.89. The van der Waals surface area contributed by atoms with E-state index in [1.165, 1.54) is 43.8 Å². The molecule has 58 heavy (non-hydrogen) atoms. The van der Waals surface area contributed by atoms with Crippen LogP contribution in [0.4, 0.5) is 0 Å². The molecule has 1 nitrogen and oxygen atoms in total. The third kappa shape index (κ3) is 8.19. The largest absolute Gasteiger partial charge is 0.249 e. The Bertz CT molecular complexity index is 2230. The van der Waals surface area contributed by atoms with Crippen molar-refractivity contribution < 1.29 is 4.21 Å². The second-order valence-corrected chi connectivity index (χ2v) is 26.0. The number of hydrogen-bond acceptors (Lipinski definition) is 1. The SMILES string of the molecule is O=S1c2ccc([Si](Cc3ccccc3)(Cc3ccccc3)Cc3ccccc3)cc2-c2cc([Si](Cc3ccccc3)(Cc3ccccc3)Cc3ccccc3)ccc21. The predicted molar refractivity (Wildman–Crippen MR) is 248 cm³/mol. The number of benzene rings is 8. The van der Waals surface area contributed by atoms with Gasteiger partial charge in [0.15, 0.2) is 0 Å². The van der Waals surface area contributed by atoms with Crippen LogP contribution in [0.25, 0.3) is 11.1 Å². The molecule has 1 heterocycles. The van der Waals surface area contributed by atoms with Gasteiger partial charge >= 0.3 is 0 Å².